The highest BCUT2D eigenvalue weighted by molar-refractivity contribution is 5.83. The van der Waals surface area contributed by atoms with Gasteiger partial charge in [0.2, 0.25) is 0 Å². The maximum atomic E-state index is 11.1. The van der Waals surface area contributed by atoms with Crippen LogP contribution in [0.5, 0.6) is 0 Å². The summed E-state index contributed by atoms with van der Waals surface area (Å²) in [6.07, 6.45) is 3.90. The normalized spacial score (nSPS) is 12.0. The lowest BCUT2D eigenvalue weighted by molar-refractivity contribution is -0.137. The Morgan fingerprint density at radius 3 is 2.62 bits per heavy atom. The molecule has 5 nitrogen and oxygen atoms in total. The fourth-order valence-electron chi connectivity index (χ4n) is 3.24. The number of carboxylic acids is 1. The van der Waals surface area contributed by atoms with E-state index in [-0.39, 0.29) is 12.5 Å². The third kappa shape index (κ3) is 4.36. The van der Waals surface area contributed by atoms with Gasteiger partial charge in [-0.05, 0) is 30.2 Å². The summed E-state index contributed by atoms with van der Waals surface area (Å²) in [5.41, 5.74) is 4.24. The van der Waals surface area contributed by atoms with Gasteiger partial charge >= 0.3 is 5.97 Å². The van der Waals surface area contributed by atoms with Crippen molar-refractivity contribution < 1.29 is 9.90 Å². The van der Waals surface area contributed by atoms with Gasteiger partial charge in [-0.15, -0.1) is 0 Å². The highest BCUT2D eigenvalue weighted by Crippen LogP contribution is 2.25. The summed E-state index contributed by atoms with van der Waals surface area (Å²) in [6.45, 7) is 2.76. The number of carbonyl (C=O) groups is 1. The molecule has 0 aliphatic heterocycles. The number of fused-ring (bicyclic) bond motifs is 1. The molecule has 3 aromatic rings. The Bertz CT molecular complexity index is 872. The monoisotopic (exact) mass is 351 g/mol. The van der Waals surface area contributed by atoms with Crippen LogP contribution in [0.3, 0.4) is 0 Å². The minimum absolute atomic E-state index is 0.0754. The van der Waals surface area contributed by atoms with Crippen molar-refractivity contribution in [3.8, 4) is 0 Å². The van der Waals surface area contributed by atoms with E-state index in [2.05, 4.69) is 34.7 Å². The van der Waals surface area contributed by atoms with E-state index in [1.807, 2.05) is 42.6 Å². The fourth-order valence-corrected chi connectivity index (χ4v) is 3.24. The predicted octanol–water partition coefficient (Wildman–Crippen LogP) is 4.84. The predicted molar refractivity (Wildman–Crippen MR) is 107 cm³/mol. The Morgan fingerprint density at radius 2 is 1.85 bits per heavy atom. The number of aliphatic carboxylic acids is 1. The Morgan fingerprint density at radius 1 is 1.12 bits per heavy atom. The Hall–Kier alpha value is -2.95. The first-order valence-corrected chi connectivity index (χ1v) is 9.03. The summed E-state index contributed by atoms with van der Waals surface area (Å²) in [5.74, 6) is -0.778. The average molecular weight is 351 g/mol. The summed E-state index contributed by atoms with van der Waals surface area (Å²) in [6, 6.07) is 16.1. The molecule has 0 bridgehead atoms. The quantitative estimate of drug-likeness (QED) is 0.445. The van der Waals surface area contributed by atoms with Gasteiger partial charge in [-0.2, -0.15) is 0 Å². The summed E-state index contributed by atoms with van der Waals surface area (Å²) in [7, 11) is 0. The summed E-state index contributed by atoms with van der Waals surface area (Å²) in [4.78, 5) is 14.4. The topological polar surface area (TPSA) is 77.2 Å². The van der Waals surface area contributed by atoms with E-state index < -0.39 is 5.97 Å². The molecule has 0 fully saturated rings. The van der Waals surface area contributed by atoms with Crippen LogP contribution in [0.25, 0.3) is 10.9 Å². The molecule has 5 heteroatoms. The standard InChI is InChI=1S/C21H25N3O2/c1-2-7-16(12-21(25)26)24-20-11-6-5-10-19(20)23-14-15-13-22-18-9-4-3-8-17(15)18/h3-6,8-11,13,16,22-24H,2,7,12,14H2,1H3,(H,25,26). The van der Waals surface area contributed by atoms with Crippen molar-refractivity contribution in [1.29, 1.82) is 0 Å². The van der Waals surface area contributed by atoms with E-state index in [0.29, 0.717) is 6.54 Å². The number of aromatic amines is 1. The van der Waals surface area contributed by atoms with Crippen molar-refractivity contribution in [1.82, 2.24) is 4.98 Å². The van der Waals surface area contributed by atoms with Gasteiger partial charge in [-0.1, -0.05) is 43.7 Å². The molecule has 0 amide bonds. The van der Waals surface area contributed by atoms with Crippen LogP contribution in [-0.4, -0.2) is 22.1 Å². The van der Waals surface area contributed by atoms with Crippen LogP contribution in [0.1, 0.15) is 31.7 Å². The van der Waals surface area contributed by atoms with Crippen molar-refractivity contribution in [2.75, 3.05) is 10.6 Å². The van der Waals surface area contributed by atoms with E-state index in [9.17, 15) is 4.79 Å². The van der Waals surface area contributed by atoms with Gasteiger partial charge in [-0.3, -0.25) is 4.79 Å². The zero-order valence-corrected chi connectivity index (χ0v) is 15.0. The molecular formula is C21H25N3O2. The number of hydrogen-bond donors (Lipinski definition) is 4. The molecule has 2 aromatic carbocycles. The highest BCUT2D eigenvalue weighted by atomic mass is 16.4. The Labute approximate surface area is 153 Å². The van der Waals surface area contributed by atoms with Gasteiger partial charge in [0.25, 0.3) is 0 Å². The van der Waals surface area contributed by atoms with E-state index in [0.717, 1.165) is 29.7 Å². The summed E-state index contributed by atoms with van der Waals surface area (Å²) < 4.78 is 0. The molecule has 1 heterocycles. The van der Waals surface area contributed by atoms with Crippen LogP contribution in [-0.2, 0) is 11.3 Å². The second-order valence-electron chi connectivity index (χ2n) is 6.49. The molecule has 3 rings (SSSR count). The van der Waals surface area contributed by atoms with E-state index in [1.54, 1.807) is 0 Å². The molecular weight excluding hydrogens is 326 g/mol. The lowest BCUT2D eigenvalue weighted by Gasteiger charge is -2.20. The number of aromatic nitrogens is 1. The van der Waals surface area contributed by atoms with Crippen molar-refractivity contribution in [3.63, 3.8) is 0 Å². The van der Waals surface area contributed by atoms with Crippen LogP contribution in [0.4, 0.5) is 11.4 Å². The number of para-hydroxylation sites is 3. The van der Waals surface area contributed by atoms with Gasteiger partial charge in [-0.25, -0.2) is 0 Å². The molecule has 136 valence electrons. The van der Waals surface area contributed by atoms with Crippen molar-refractivity contribution in [2.45, 2.75) is 38.8 Å². The van der Waals surface area contributed by atoms with Gasteiger partial charge in [0.15, 0.2) is 0 Å². The lowest BCUT2D eigenvalue weighted by Crippen LogP contribution is -2.23. The zero-order valence-electron chi connectivity index (χ0n) is 15.0. The van der Waals surface area contributed by atoms with Gasteiger partial charge in [0.1, 0.15) is 0 Å². The van der Waals surface area contributed by atoms with Crippen molar-refractivity contribution >= 4 is 28.2 Å². The average Bonchev–Trinajstić information content (AvgIpc) is 3.04. The number of benzene rings is 2. The largest absolute Gasteiger partial charge is 0.481 e. The Kier molecular flexibility index (Phi) is 5.79. The van der Waals surface area contributed by atoms with Gasteiger partial charge < -0.3 is 20.7 Å². The first kappa shape index (κ1) is 17.9. The summed E-state index contributed by atoms with van der Waals surface area (Å²) >= 11 is 0. The molecule has 1 atom stereocenters. The maximum absolute atomic E-state index is 11.1. The van der Waals surface area contributed by atoms with Crippen molar-refractivity contribution in [3.05, 3.63) is 60.3 Å². The van der Waals surface area contributed by atoms with Gasteiger partial charge in [0.05, 0.1) is 17.8 Å². The summed E-state index contributed by atoms with van der Waals surface area (Å²) in [5, 5.41) is 17.2. The van der Waals surface area contributed by atoms with Crippen LogP contribution in [0.2, 0.25) is 0 Å². The second-order valence-corrected chi connectivity index (χ2v) is 6.49. The molecule has 1 aromatic heterocycles. The number of hydrogen-bond acceptors (Lipinski definition) is 3. The Balaban J connectivity index is 1.73. The fraction of sp³-hybridized carbons (Fsp3) is 0.286. The van der Waals surface area contributed by atoms with Crippen LogP contribution in [0.15, 0.2) is 54.7 Å². The molecule has 0 radical (unpaired) electrons. The molecule has 4 N–H and O–H groups in total. The van der Waals surface area contributed by atoms with E-state index in [1.165, 1.54) is 10.9 Å². The molecule has 0 aliphatic rings. The molecule has 1 unspecified atom stereocenters. The molecule has 0 saturated carbocycles. The third-order valence-electron chi connectivity index (χ3n) is 4.49. The number of anilines is 2. The van der Waals surface area contributed by atoms with Crippen LogP contribution >= 0.6 is 0 Å². The number of rotatable bonds is 9. The number of H-pyrrole nitrogens is 1. The maximum Gasteiger partial charge on any atom is 0.305 e. The van der Waals surface area contributed by atoms with Crippen LogP contribution in [0, 0.1) is 0 Å². The first-order valence-electron chi connectivity index (χ1n) is 9.03. The number of carboxylic acid groups (broad SMARTS) is 1. The highest BCUT2D eigenvalue weighted by Gasteiger charge is 2.14. The lowest BCUT2D eigenvalue weighted by atomic mass is 10.1. The minimum Gasteiger partial charge on any atom is -0.481 e. The zero-order chi connectivity index (χ0) is 18.4. The molecule has 0 aliphatic carbocycles. The SMILES string of the molecule is CCCC(CC(=O)O)Nc1ccccc1NCc1c[nH]c2ccccc12. The molecule has 0 spiro atoms. The van der Waals surface area contributed by atoms with Crippen LogP contribution < -0.4 is 10.6 Å². The number of nitrogens with one attached hydrogen (secondary N) is 3. The third-order valence-corrected chi connectivity index (χ3v) is 4.49. The second kappa shape index (κ2) is 8.43. The first-order chi connectivity index (χ1) is 12.7. The minimum atomic E-state index is -0.778. The van der Waals surface area contributed by atoms with E-state index in [4.69, 9.17) is 5.11 Å². The van der Waals surface area contributed by atoms with Gasteiger partial charge in [0, 0.05) is 29.7 Å². The smallest absolute Gasteiger partial charge is 0.305 e. The van der Waals surface area contributed by atoms with Crippen molar-refractivity contribution in [2.24, 2.45) is 0 Å². The molecule has 26 heavy (non-hydrogen) atoms. The van der Waals surface area contributed by atoms with E-state index >= 15 is 0 Å². The molecule has 0 saturated heterocycles.